The van der Waals surface area contributed by atoms with Crippen LogP contribution in [0.3, 0.4) is 0 Å². The second-order valence-electron chi connectivity index (χ2n) is 6.16. The van der Waals surface area contributed by atoms with Gasteiger partial charge < -0.3 is 15.8 Å². The molecule has 130 valence electrons. The summed E-state index contributed by atoms with van der Waals surface area (Å²) >= 11 is 1.58. The van der Waals surface area contributed by atoms with E-state index in [9.17, 15) is 5.11 Å². The Morgan fingerprint density at radius 3 is 2.92 bits per heavy atom. The first-order chi connectivity index (χ1) is 12.2. The topological polar surface area (TPSA) is 117 Å². The summed E-state index contributed by atoms with van der Waals surface area (Å²) in [7, 11) is 0. The van der Waals surface area contributed by atoms with E-state index in [1.165, 1.54) is 6.33 Å². The molecule has 0 aromatic carbocycles. The number of fused-ring (bicyclic) bond motifs is 1. The number of nitrogen functional groups attached to an aromatic ring is 1. The van der Waals surface area contributed by atoms with E-state index in [-0.39, 0.29) is 12.0 Å². The van der Waals surface area contributed by atoms with Crippen LogP contribution in [-0.2, 0) is 6.54 Å². The standard InChI is InChI=1S/C16H19N7OS/c17-15-14-13(21-9-22-15)10(4-20-14)5-23-6-11(12(24)7-23)8-25-16-18-2-1-3-19-16/h1-4,9,11-12,20,24H,5-8H2,(H2,17,21,22)/t11-,12+/m1/s1. The van der Waals surface area contributed by atoms with Gasteiger partial charge in [0.05, 0.1) is 11.6 Å². The number of hydrogen-bond donors (Lipinski definition) is 3. The fourth-order valence-corrected chi connectivity index (χ4v) is 4.11. The Morgan fingerprint density at radius 2 is 2.08 bits per heavy atom. The van der Waals surface area contributed by atoms with Crippen molar-refractivity contribution in [3.8, 4) is 0 Å². The summed E-state index contributed by atoms with van der Waals surface area (Å²) in [5.74, 6) is 1.44. The average molecular weight is 357 g/mol. The van der Waals surface area contributed by atoms with Crippen LogP contribution in [0.4, 0.5) is 5.82 Å². The summed E-state index contributed by atoms with van der Waals surface area (Å²) in [6.45, 7) is 2.19. The number of rotatable bonds is 5. The third-order valence-electron chi connectivity index (χ3n) is 4.42. The summed E-state index contributed by atoms with van der Waals surface area (Å²) in [4.78, 5) is 22.1. The van der Waals surface area contributed by atoms with Gasteiger partial charge in [0.1, 0.15) is 11.8 Å². The maximum absolute atomic E-state index is 10.4. The number of likely N-dealkylation sites (tertiary alicyclic amines) is 1. The van der Waals surface area contributed by atoms with Crippen molar-refractivity contribution in [1.82, 2.24) is 29.8 Å². The summed E-state index contributed by atoms with van der Waals surface area (Å²) in [6.07, 6.45) is 6.52. The highest BCUT2D eigenvalue weighted by Crippen LogP contribution is 2.27. The monoisotopic (exact) mass is 357 g/mol. The molecule has 1 aliphatic rings. The van der Waals surface area contributed by atoms with Crippen molar-refractivity contribution in [3.63, 3.8) is 0 Å². The molecule has 0 aliphatic carbocycles. The first-order valence-corrected chi connectivity index (χ1v) is 9.06. The normalized spacial score (nSPS) is 21.2. The number of H-pyrrole nitrogens is 1. The molecule has 1 fully saturated rings. The predicted molar refractivity (Wildman–Crippen MR) is 95.8 cm³/mol. The smallest absolute Gasteiger partial charge is 0.187 e. The van der Waals surface area contributed by atoms with Crippen LogP contribution in [0.15, 0.2) is 36.1 Å². The first kappa shape index (κ1) is 16.2. The lowest BCUT2D eigenvalue weighted by atomic mass is 10.1. The van der Waals surface area contributed by atoms with Gasteiger partial charge in [0.15, 0.2) is 11.0 Å². The van der Waals surface area contributed by atoms with E-state index >= 15 is 0 Å². The number of hydrogen-bond acceptors (Lipinski definition) is 8. The van der Waals surface area contributed by atoms with Gasteiger partial charge in [-0.3, -0.25) is 4.90 Å². The number of β-amino-alcohol motifs (C(OH)–C–C–N with tert-alkyl or cyclic N) is 1. The maximum atomic E-state index is 10.4. The second kappa shape index (κ2) is 6.95. The molecule has 3 aromatic heterocycles. The van der Waals surface area contributed by atoms with Gasteiger partial charge in [0.25, 0.3) is 0 Å². The number of thioether (sulfide) groups is 1. The Bertz CT molecular complexity index is 856. The number of aromatic amines is 1. The molecule has 0 bridgehead atoms. The van der Waals surface area contributed by atoms with Gasteiger partial charge in [-0.1, -0.05) is 11.8 Å². The summed E-state index contributed by atoms with van der Waals surface area (Å²) in [6, 6.07) is 1.80. The van der Waals surface area contributed by atoms with Crippen LogP contribution in [0.25, 0.3) is 11.0 Å². The second-order valence-corrected chi connectivity index (χ2v) is 7.15. The van der Waals surface area contributed by atoms with Crippen LogP contribution < -0.4 is 5.73 Å². The molecule has 0 saturated carbocycles. The van der Waals surface area contributed by atoms with Crippen molar-refractivity contribution in [2.24, 2.45) is 5.92 Å². The number of nitrogens with zero attached hydrogens (tertiary/aromatic N) is 5. The van der Waals surface area contributed by atoms with E-state index in [0.29, 0.717) is 12.4 Å². The van der Waals surface area contributed by atoms with Gasteiger partial charge in [-0.2, -0.15) is 0 Å². The van der Waals surface area contributed by atoms with Crippen molar-refractivity contribution in [1.29, 1.82) is 0 Å². The number of aromatic nitrogens is 5. The molecule has 9 heteroatoms. The Labute approximate surface area is 148 Å². The van der Waals surface area contributed by atoms with Gasteiger partial charge in [0.2, 0.25) is 0 Å². The number of aliphatic hydroxyl groups is 1. The molecule has 0 radical (unpaired) electrons. The highest BCUT2D eigenvalue weighted by Gasteiger charge is 2.31. The van der Waals surface area contributed by atoms with Crippen molar-refractivity contribution < 1.29 is 5.11 Å². The van der Waals surface area contributed by atoms with Crippen molar-refractivity contribution in [2.45, 2.75) is 17.8 Å². The quantitative estimate of drug-likeness (QED) is 0.456. The molecule has 0 unspecified atom stereocenters. The first-order valence-electron chi connectivity index (χ1n) is 8.07. The third-order valence-corrected chi connectivity index (χ3v) is 5.48. The number of anilines is 1. The Hall–Kier alpha value is -2.23. The van der Waals surface area contributed by atoms with E-state index in [4.69, 9.17) is 5.73 Å². The Kier molecular flexibility index (Phi) is 4.51. The zero-order valence-corrected chi connectivity index (χ0v) is 14.4. The van der Waals surface area contributed by atoms with Crippen molar-refractivity contribution in [3.05, 3.63) is 36.5 Å². The van der Waals surface area contributed by atoms with Crippen LogP contribution in [0.1, 0.15) is 5.56 Å². The Morgan fingerprint density at radius 1 is 1.24 bits per heavy atom. The van der Waals surface area contributed by atoms with Crippen molar-refractivity contribution >= 4 is 28.6 Å². The average Bonchev–Trinajstić information content (AvgIpc) is 3.19. The molecule has 1 saturated heterocycles. The van der Waals surface area contributed by atoms with Crippen molar-refractivity contribution in [2.75, 3.05) is 24.6 Å². The Balaban J connectivity index is 1.40. The van der Waals surface area contributed by atoms with Crippen LogP contribution in [-0.4, -0.2) is 59.9 Å². The number of aliphatic hydroxyl groups excluding tert-OH is 1. The van der Waals surface area contributed by atoms with E-state index in [2.05, 4.69) is 29.8 Å². The molecule has 8 nitrogen and oxygen atoms in total. The van der Waals surface area contributed by atoms with Crippen LogP contribution in [0.5, 0.6) is 0 Å². The molecule has 4 heterocycles. The fourth-order valence-electron chi connectivity index (χ4n) is 3.15. The molecule has 25 heavy (non-hydrogen) atoms. The minimum atomic E-state index is -0.346. The minimum Gasteiger partial charge on any atom is -0.391 e. The lowest BCUT2D eigenvalue weighted by molar-refractivity contribution is 0.149. The minimum absolute atomic E-state index is 0.193. The number of nitrogens with one attached hydrogen (secondary N) is 1. The summed E-state index contributed by atoms with van der Waals surface area (Å²) in [5, 5.41) is 11.1. The van der Waals surface area contributed by atoms with E-state index in [1.54, 1.807) is 30.2 Å². The van der Waals surface area contributed by atoms with Crippen LogP contribution in [0.2, 0.25) is 0 Å². The molecule has 0 amide bonds. The maximum Gasteiger partial charge on any atom is 0.187 e. The van der Waals surface area contributed by atoms with E-state index in [1.807, 2.05) is 6.20 Å². The highest BCUT2D eigenvalue weighted by molar-refractivity contribution is 7.99. The molecule has 4 N–H and O–H groups in total. The third kappa shape index (κ3) is 3.44. The zero-order chi connectivity index (χ0) is 17.2. The van der Waals surface area contributed by atoms with Crippen LogP contribution >= 0.6 is 11.8 Å². The van der Waals surface area contributed by atoms with Gasteiger partial charge in [0, 0.05) is 55.5 Å². The summed E-state index contributed by atoms with van der Waals surface area (Å²) in [5.41, 5.74) is 8.55. The molecule has 1 aliphatic heterocycles. The SMILES string of the molecule is Nc1ncnc2c(CN3C[C@H](CSc4ncccn4)[C@@H](O)C3)c[nH]c12. The van der Waals surface area contributed by atoms with E-state index in [0.717, 1.165) is 40.6 Å². The lowest BCUT2D eigenvalue weighted by Gasteiger charge is -2.14. The fraction of sp³-hybridized carbons (Fsp3) is 0.375. The molecule has 0 spiro atoms. The zero-order valence-electron chi connectivity index (χ0n) is 13.5. The predicted octanol–water partition coefficient (Wildman–Crippen LogP) is 0.915. The molecular weight excluding hydrogens is 338 g/mol. The van der Waals surface area contributed by atoms with Crippen LogP contribution in [0, 0.1) is 5.92 Å². The highest BCUT2D eigenvalue weighted by atomic mass is 32.2. The lowest BCUT2D eigenvalue weighted by Crippen LogP contribution is -2.21. The molecule has 3 aromatic rings. The molecular formula is C16H19N7OS. The number of nitrogens with two attached hydrogens (primary N) is 1. The molecule has 2 atom stereocenters. The van der Waals surface area contributed by atoms with Gasteiger partial charge >= 0.3 is 0 Å². The summed E-state index contributed by atoms with van der Waals surface area (Å²) < 4.78 is 0. The largest absolute Gasteiger partial charge is 0.391 e. The van der Waals surface area contributed by atoms with Gasteiger partial charge in [-0.25, -0.2) is 19.9 Å². The van der Waals surface area contributed by atoms with Gasteiger partial charge in [-0.15, -0.1) is 0 Å². The van der Waals surface area contributed by atoms with Gasteiger partial charge in [-0.05, 0) is 6.07 Å². The molecule has 4 rings (SSSR count). The van der Waals surface area contributed by atoms with E-state index < -0.39 is 0 Å².